The number of hydrogen-bond acceptors (Lipinski definition) is 2. The summed E-state index contributed by atoms with van der Waals surface area (Å²) in [4.78, 5) is 14.8. The van der Waals surface area contributed by atoms with Crippen LogP contribution in [0.4, 0.5) is 0 Å². The van der Waals surface area contributed by atoms with Gasteiger partial charge < -0.3 is 0 Å². The molecular formula is C14H16BrNO. The molecule has 17 heavy (non-hydrogen) atoms. The van der Waals surface area contributed by atoms with Crippen LogP contribution < -0.4 is 0 Å². The summed E-state index contributed by atoms with van der Waals surface area (Å²) in [5, 5.41) is 0. The largest absolute Gasteiger partial charge is 0.235 e. The molecule has 1 aromatic carbocycles. The molecule has 90 valence electrons. The van der Waals surface area contributed by atoms with Crippen molar-refractivity contribution in [2.45, 2.75) is 44.6 Å². The van der Waals surface area contributed by atoms with Gasteiger partial charge in [0.05, 0.1) is 5.54 Å². The van der Waals surface area contributed by atoms with Crippen LogP contribution in [0.15, 0.2) is 27.7 Å². The zero-order chi connectivity index (χ0) is 12.3. The van der Waals surface area contributed by atoms with Crippen LogP contribution in [-0.2, 0) is 16.8 Å². The zero-order valence-corrected chi connectivity index (χ0v) is 11.6. The second-order valence-electron chi connectivity index (χ2n) is 4.60. The highest BCUT2D eigenvalue weighted by molar-refractivity contribution is 9.10. The average Bonchev–Trinajstić information content (AvgIpc) is 2.79. The minimum Gasteiger partial charge on any atom is -0.211 e. The Bertz CT molecular complexity index is 457. The smallest absolute Gasteiger partial charge is 0.211 e. The maximum absolute atomic E-state index is 10.7. The van der Waals surface area contributed by atoms with E-state index in [1.54, 1.807) is 6.08 Å². The minimum atomic E-state index is -0.298. The maximum atomic E-state index is 10.7. The van der Waals surface area contributed by atoms with Gasteiger partial charge in [-0.15, -0.1) is 0 Å². The summed E-state index contributed by atoms with van der Waals surface area (Å²) in [6.45, 7) is 2.14. The number of rotatable bonds is 3. The fourth-order valence-electron chi connectivity index (χ4n) is 2.80. The summed E-state index contributed by atoms with van der Waals surface area (Å²) in [5.74, 6) is 0. The first kappa shape index (κ1) is 12.5. The highest BCUT2D eigenvalue weighted by Crippen LogP contribution is 2.43. The molecule has 0 bridgehead atoms. The summed E-state index contributed by atoms with van der Waals surface area (Å²) < 4.78 is 1.08. The minimum absolute atomic E-state index is 0.298. The van der Waals surface area contributed by atoms with Crippen molar-refractivity contribution in [2.75, 3.05) is 0 Å². The third-order valence-electron chi connectivity index (χ3n) is 3.64. The van der Waals surface area contributed by atoms with E-state index in [1.807, 2.05) is 6.07 Å². The van der Waals surface area contributed by atoms with Gasteiger partial charge in [-0.1, -0.05) is 41.8 Å². The zero-order valence-electron chi connectivity index (χ0n) is 10.0. The summed E-state index contributed by atoms with van der Waals surface area (Å²) in [5.41, 5.74) is 2.19. The Kier molecular flexibility index (Phi) is 3.80. The Balaban J connectivity index is 2.53. The average molecular weight is 294 g/mol. The molecule has 1 fully saturated rings. The Morgan fingerprint density at radius 2 is 2.12 bits per heavy atom. The van der Waals surface area contributed by atoms with E-state index >= 15 is 0 Å². The second kappa shape index (κ2) is 5.16. The molecule has 3 heteroatoms. The van der Waals surface area contributed by atoms with Crippen LogP contribution in [0, 0.1) is 0 Å². The van der Waals surface area contributed by atoms with Crippen molar-refractivity contribution < 1.29 is 4.79 Å². The molecule has 0 amide bonds. The Labute approximate surface area is 110 Å². The third kappa shape index (κ3) is 2.36. The SMILES string of the molecule is CCc1cc(Br)ccc1C1(N=C=O)CCCC1. The summed E-state index contributed by atoms with van der Waals surface area (Å²) in [6, 6.07) is 6.28. The van der Waals surface area contributed by atoms with Gasteiger partial charge in [-0.3, -0.25) is 0 Å². The van der Waals surface area contributed by atoms with Gasteiger partial charge >= 0.3 is 0 Å². The van der Waals surface area contributed by atoms with E-state index in [-0.39, 0.29) is 5.54 Å². The molecule has 0 aliphatic heterocycles. The molecule has 0 atom stereocenters. The van der Waals surface area contributed by atoms with E-state index in [0.717, 1.165) is 36.6 Å². The lowest BCUT2D eigenvalue weighted by Gasteiger charge is -2.25. The first-order valence-corrected chi connectivity index (χ1v) is 6.89. The van der Waals surface area contributed by atoms with E-state index in [9.17, 15) is 4.79 Å². The number of carbonyl (C=O) groups excluding carboxylic acids is 1. The van der Waals surface area contributed by atoms with Crippen molar-refractivity contribution in [2.24, 2.45) is 4.99 Å². The van der Waals surface area contributed by atoms with Crippen molar-refractivity contribution >= 4 is 22.0 Å². The van der Waals surface area contributed by atoms with Crippen LogP contribution in [0.2, 0.25) is 0 Å². The van der Waals surface area contributed by atoms with Crippen LogP contribution in [0.25, 0.3) is 0 Å². The molecule has 2 nitrogen and oxygen atoms in total. The monoisotopic (exact) mass is 293 g/mol. The third-order valence-corrected chi connectivity index (χ3v) is 4.13. The molecule has 0 radical (unpaired) electrons. The predicted molar refractivity (Wildman–Crippen MR) is 71.8 cm³/mol. The number of benzene rings is 1. The van der Waals surface area contributed by atoms with Gasteiger partial charge in [-0.25, -0.2) is 4.79 Å². The van der Waals surface area contributed by atoms with E-state index in [4.69, 9.17) is 0 Å². The normalized spacial score (nSPS) is 17.8. The second-order valence-corrected chi connectivity index (χ2v) is 5.51. The number of aliphatic imine (C=N–C) groups is 1. The molecule has 1 aliphatic rings. The summed E-state index contributed by atoms with van der Waals surface area (Å²) in [6.07, 6.45) is 6.97. The Hall–Kier alpha value is -0.920. The van der Waals surface area contributed by atoms with Crippen molar-refractivity contribution in [3.8, 4) is 0 Å². The van der Waals surface area contributed by atoms with Gasteiger partial charge in [0.1, 0.15) is 0 Å². The van der Waals surface area contributed by atoms with E-state index < -0.39 is 0 Å². The van der Waals surface area contributed by atoms with Crippen molar-refractivity contribution in [1.29, 1.82) is 0 Å². The Morgan fingerprint density at radius 1 is 1.41 bits per heavy atom. The van der Waals surface area contributed by atoms with Gasteiger partial charge in [-0.05, 0) is 42.5 Å². The topological polar surface area (TPSA) is 29.4 Å². The van der Waals surface area contributed by atoms with Crippen LogP contribution >= 0.6 is 15.9 Å². The van der Waals surface area contributed by atoms with Crippen LogP contribution in [0.5, 0.6) is 0 Å². The van der Waals surface area contributed by atoms with Gasteiger partial charge in [-0.2, -0.15) is 4.99 Å². The van der Waals surface area contributed by atoms with E-state index in [0.29, 0.717) is 0 Å². The number of aryl methyl sites for hydroxylation is 1. The van der Waals surface area contributed by atoms with Gasteiger partial charge in [0.2, 0.25) is 6.08 Å². The van der Waals surface area contributed by atoms with Gasteiger partial charge in [0.15, 0.2) is 0 Å². The van der Waals surface area contributed by atoms with Crippen LogP contribution in [0.3, 0.4) is 0 Å². The van der Waals surface area contributed by atoms with Crippen molar-refractivity contribution in [3.63, 3.8) is 0 Å². The number of nitrogens with zero attached hydrogens (tertiary/aromatic N) is 1. The molecule has 0 N–H and O–H groups in total. The number of isocyanates is 1. The molecule has 2 rings (SSSR count). The van der Waals surface area contributed by atoms with E-state index in [2.05, 4.69) is 40.0 Å². The van der Waals surface area contributed by atoms with Crippen LogP contribution in [0.1, 0.15) is 43.7 Å². The van der Waals surface area contributed by atoms with Crippen molar-refractivity contribution in [1.82, 2.24) is 0 Å². The first-order chi connectivity index (χ1) is 8.22. The molecule has 0 heterocycles. The highest BCUT2D eigenvalue weighted by atomic mass is 79.9. The predicted octanol–water partition coefficient (Wildman–Crippen LogP) is 4.12. The fraction of sp³-hybridized carbons (Fsp3) is 0.500. The first-order valence-electron chi connectivity index (χ1n) is 6.10. The molecule has 0 spiro atoms. The number of halogens is 1. The summed E-state index contributed by atoms with van der Waals surface area (Å²) in [7, 11) is 0. The lowest BCUT2D eigenvalue weighted by molar-refractivity contribution is 0.452. The van der Waals surface area contributed by atoms with E-state index in [1.165, 1.54) is 11.1 Å². The Morgan fingerprint density at radius 3 is 2.71 bits per heavy atom. The molecule has 1 aromatic rings. The van der Waals surface area contributed by atoms with Crippen LogP contribution in [-0.4, -0.2) is 6.08 Å². The molecule has 0 unspecified atom stereocenters. The molecule has 1 saturated carbocycles. The fourth-order valence-corrected chi connectivity index (χ4v) is 3.21. The molecule has 0 aromatic heterocycles. The van der Waals surface area contributed by atoms with Gasteiger partial charge in [0.25, 0.3) is 0 Å². The highest BCUT2D eigenvalue weighted by Gasteiger charge is 2.36. The molecule has 0 saturated heterocycles. The van der Waals surface area contributed by atoms with Crippen molar-refractivity contribution in [3.05, 3.63) is 33.8 Å². The molecular weight excluding hydrogens is 278 g/mol. The van der Waals surface area contributed by atoms with Gasteiger partial charge in [0, 0.05) is 4.47 Å². The lowest BCUT2D eigenvalue weighted by Crippen LogP contribution is -2.20. The summed E-state index contributed by atoms with van der Waals surface area (Å²) >= 11 is 3.49. The number of hydrogen-bond donors (Lipinski definition) is 0. The standard InChI is InChI=1S/C14H16BrNO/c1-2-11-9-12(15)5-6-13(11)14(16-10-17)7-3-4-8-14/h5-6,9H,2-4,7-8H2,1H3. The lowest BCUT2D eigenvalue weighted by atomic mass is 9.85. The maximum Gasteiger partial charge on any atom is 0.235 e. The quantitative estimate of drug-likeness (QED) is 0.609. The molecule has 1 aliphatic carbocycles.